The smallest absolute Gasteiger partial charge is 0.419 e. The van der Waals surface area contributed by atoms with Gasteiger partial charge in [-0.05, 0) is 56.2 Å². The van der Waals surface area contributed by atoms with Gasteiger partial charge in [0.15, 0.2) is 11.4 Å². The van der Waals surface area contributed by atoms with E-state index in [0.29, 0.717) is 54.8 Å². The lowest BCUT2D eigenvalue weighted by atomic mass is 9.61. The highest BCUT2D eigenvalue weighted by Crippen LogP contribution is 2.53. The summed E-state index contributed by atoms with van der Waals surface area (Å²) in [5.74, 6) is -0.0526. The van der Waals surface area contributed by atoms with Crippen LogP contribution in [0.15, 0.2) is 48.7 Å². The maximum absolute atomic E-state index is 13.7. The molecular weight excluding hydrogens is 606 g/mol. The molecule has 3 fully saturated rings. The van der Waals surface area contributed by atoms with Gasteiger partial charge in [0.2, 0.25) is 5.88 Å². The summed E-state index contributed by atoms with van der Waals surface area (Å²) in [5, 5.41) is 13.1. The van der Waals surface area contributed by atoms with Crippen molar-refractivity contribution in [2.24, 2.45) is 5.41 Å². The summed E-state index contributed by atoms with van der Waals surface area (Å²) in [7, 11) is 0. The third kappa shape index (κ3) is 5.87. The number of nitrogens with one attached hydrogen (secondary N) is 1. The minimum atomic E-state index is -4.57. The van der Waals surface area contributed by atoms with Gasteiger partial charge in [0.25, 0.3) is 5.91 Å². The Morgan fingerprint density at radius 2 is 1.89 bits per heavy atom. The first-order valence-corrected chi connectivity index (χ1v) is 14.5. The van der Waals surface area contributed by atoms with Gasteiger partial charge < -0.3 is 24.8 Å². The quantitative estimate of drug-likeness (QED) is 0.253. The minimum absolute atomic E-state index is 0.0289. The molecule has 0 radical (unpaired) electrons. The number of benzene rings is 1. The summed E-state index contributed by atoms with van der Waals surface area (Å²) in [5.41, 5.74) is -1.42. The highest BCUT2D eigenvalue weighted by molar-refractivity contribution is 6.31. The summed E-state index contributed by atoms with van der Waals surface area (Å²) in [6.45, 7) is 2.41. The molecule has 9 nitrogen and oxygen atoms in total. The molecule has 6 rings (SSSR count). The summed E-state index contributed by atoms with van der Waals surface area (Å²) >= 11 is 5.90. The van der Waals surface area contributed by atoms with Crippen LogP contribution < -0.4 is 19.7 Å². The number of rotatable bonds is 9. The number of aromatic nitrogens is 2. The lowest BCUT2D eigenvalue weighted by Gasteiger charge is -2.59. The highest BCUT2D eigenvalue weighted by atomic mass is 35.5. The Labute approximate surface area is 255 Å². The number of β-amino-alcohol motifs (C(OH)–C–C–N with tert-alkyl or cyclic N) is 1. The van der Waals surface area contributed by atoms with Crippen molar-refractivity contribution in [1.82, 2.24) is 20.4 Å². The van der Waals surface area contributed by atoms with Crippen molar-refractivity contribution >= 4 is 23.2 Å². The van der Waals surface area contributed by atoms with Gasteiger partial charge in [-0.1, -0.05) is 17.7 Å². The van der Waals surface area contributed by atoms with Crippen LogP contribution in [-0.2, 0) is 6.18 Å². The lowest BCUT2D eigenvalue weighted by molar-refractivity contribution is -0.179. The van der Waals surface area contributed by atoms with Gasteiger partial charge in [-0.25, -0.2) is 9.97 Å². The van der Waals surface area contributed by atoms with Gasteiger partial charge in [0.05, 0.1) is 47.2 Å². The Balaban J connectivity index is 1.17. The minimum Gasteiger partial charge on any atom is -0.488 e. The number of pyridine rings is 2. The molecule has 2 saturated heterocycles. The van der Waals surface area contributed by atoms with Gasteiger partial charge in [-0.2, -0.15) is 13.2 Å². The summed E-state index contributed by atoms with van der Waals surface area (Å²) < 4.78 is 66.1. The van der Waals surface area contributed by atoms with Crippen LogP contribution in [0, 0.1) is 5.41 Å². The van der Waals surface area contributed by atoms with Crippen molar-refractivity contribution in [1.29, 1.82) is 0 Å². The molecule has 3 aromatic rings. The first kappa shape index (κ1) is 30.4. The van der Waals surface area contributed by atoms with E-state index in [0.717, 1.165) is 0 Å². The molecule has 1 aromatic carbocycles. The predicted molar refractivity (Wildman–Crippen MR) is 153 cm³/mol. The number of anilines is 1. The number of ether oxygens (including phenoxy) is 2. The van der Waals surface area contributed by atoms with Crippen molar-refractivity contribution in [3.05, 3.63) is 64.9 Å². The summed E-state index contributed by atoms with van der Waals surface area (Å²) in [6.07, 6.45) is -2.12. The molecule has 234 valence electrons. The van der Waals surface area contributed by atoms with Crippen LogP contribution in [-0.4, -0.2) is 77.1 Å². The normalized spacial score (nSPS) is 19.1. The van der Waals surface area contributed by atoms with Crippen LogP contribution in [0.3, 0.4) is 0 Å². The zero-order chi connectivity index (χ0) is 31.3. The van der Waals surface area contributed by atoms with E-state index in [-0.39, 0.29) is 53.3 Å². The van der Waals surface area contributed by atoms with E-state index in [9.17, 15) is 27.6 Å². The highest BCUT2D eigenvalue weighted by Gasteiger charge is 2.55. The fourth-order valence-corrected chi connectivity index (χ4v) is 6.42. The second-order valence-electron chi connectivity index (χ2n) is 11.7. The molecular formula is C30H30ClF4N5O4. The predicted octanol–water partition coefficient (Wildman–Crippen LogP) is 4.92. The van der Waals surface area contributed by atoms with Crippen LogP contribution in [0.25, 0.3) is 11.3 Å². The fourth-order valence-electron chi connectivity index (χ4n) is 6.14. The van der Waals surface area contributed by atoms with Crippen molar-refractivity contribution in [2.45, 2.75) is 37.6 Å². The Bertz CT molecular complexity index is 1550. The van der Waals surface area contributed by atoms with Crippen LogP contribution in [0.4, 0.5) is 23.3 Å². The maximum Gasteiger partial charge on any atom is 0.419 e. The molecule has 0 atom stereocenters. The van der Waals surface area contributed by atoms with E-state index in [1.807, 2.05) is 6.92 Å². The zero-order valence-electron chi connectivity index (χ0n) is 23.7. The van der Waals surface area contributed by atoms with Crippen molar-refractivity contribution < 1.29 is 37.0 Å². The van der Waals surface area contributed by atoms with E-state index in [2.05, 4.69) is 15.3 Å². The van der Waals surface area contributed by atoms with E-state index >= 15 is 0 Å². The number of hydrogen-bond acceptors (Lipinski definition) is 8. The molecule has 1 aliphatic carbocycles. The Morgan fingerprint density at radius 1 is 1.14 bits per heavy atom. The number of nitrogens with zero attached hydrogens (tertiary/aromatic N) is 4. The number of carbonyl (C=O) groups excluding carboxylic acids is 1. The molecule has 0 unspecified atom stereocenters. The van der Waals surface area contributed by atoms with Gasteiger partial charge in [-0.15, -0.1) is 9.60 Å². The van der Waals surface area contributed by atoms with Gasteiger partial charge in [0, 0.05) is 31.2 Å². The van der Waals surface area contributed by atoms with Crippen LogP contribution in [0.2, 0.25) is 5.02 Å². The molecule has 4 heterocycles. The fraction of sp³-hybridized carbons (Fsp3) is 0.433. The van der Waals surface area contributed by atoms with E-state index in [1.165, 1.54) is 18.2 Å². The van der Waals surface area contributed by atoms with Crippen LogP contribution in [0.1, 0.15) is 35.8 Å². The zero-order valence-corrected chi connectivity index (χ0v) is 24.5. The first-order chi connectivity index (χ1) is 20.9. The SMILES string of the molecule is CCOc1ncccc1-c1ccc(OC2CC3(C2)CN(c2cccc(Cl)c2C(F)(F)F)C3)c(C(=O)NCC2(O)CN(F)C2)n1. The second-order valence-corrected chi connectivity index (χ2v) is 12.1. The Morgan fingerprint density at radius 3 is 2.57 bits per heavy atom. The average molecular weight is 636 g/mol. The van der Waals surface area contributed by atoms with Crippen molar-refractivity contribution in [2.75, 3.05) is 44.2 Å². The largest absolute Gasteiger partial charge is 0.488 e. The number of aliphatic hydroxyl groups is 1. The second kappa shape index (κ2) is 11.4. The molecule has 14 heteroatoms. The van der Waals surface area contributed by atoms with Gasteiger partial charge >= 0.3 is 6.18 Å². The molecule has 44 heavy (non-hydrogen) atoms. The number of carbonyl (C=O) groups is 1. The Kier molecular flexibility index (Phi) is 7.83. The molecule has 2 aromatic heterocycles. The average Bonchev–Trinajstić information content (AvgIpc) is 2.91. The maximum atomic E-state index is 13.7. The summed E-state index contributed by atoms with van der Waals surface area (Å²) in [6, 6.07) is 11.0. The molecule has 1 spiro atoms. The standard InChI is InChI=1S/C30H30ClF4N5O4/c1-2-43-27-19(5-4-10-36-27)21-8-9-23(25(38-21)26(41)37-13-29(42)16-40(35)17-29)44-18-11-28(12-18)14-39(15-28)22-7-3-6-20(31)24(22)30(32,33)34/h3-10,18,42H,2,11-17H2,1H3,(H,37,41). The van der Waals surface area contributed by atoms with E-state index < -0.39 is 23.2 Å². The molecule has 0 bridgehead atoms. The number of halogens is 5. The third-order valence-electron chi connectivity index (χ3n) is 8.19. The third-order valence-corrected chi connectivity index (χ3v) is 8.51. The number of hydrogen-bond donors (Lipinski definition) is 2. The molecule has 1 saturated carbocycles. The first-order valence-electron chi connectivity index (χ1n) is 14.2. The number of alkyl halides is 3. The van der Waals surface area contributed by atoms with Crippen LogP contribution in [0.5, 0.6) is 11.6 Å². The lowest BCUT2D eigenvalue weighted by Crippen LogP contribution is -2.65. The molecule has 2 N–H and O–H groups in total. The molecule has 1 amide bonds. The summed E-state index contributed by atoms with van der Waals surface area (Å²) in [4.78, 5) is 23.8. The van der Waals surface area contributed by atoms with E-state index in [4.69, 9.17) is 21.1 Å². The molecule has 3 aliphatic rings. The monoisotopic (exact) mass is 635 g/mol. The number of amides is 1. The van der Waals surface area contributed by atoms with Crippen molar-refractivity contribution in [3.63, 3.8) is 0 Å². The molecule has 2 aliphatic heterocycles. The van der Waals surface area contributed by atoms with Crippen LogP contribution >= 0.6 is 11.6 Å². The topological polar surface area (TPSA) is 100 Å². The van der Waals surface area contributed by atoms with Gasteiger partial charge in [-0.3, -0.25) is 4.79 Å². The Hall–Kier alpha value is -3.68. The van der Waals surface area contributed by atoms with Gasteiger partial charge in [0.1, 0.15) is 11.7 Å². The van der Waals surface area contributed by atoms with Crippen molar-refractivity contribution in [3.8, 4) is 22.9 Å². The van der Waals surface area contributed by atoms with E-state index in [1.54, 1.807) is 35.4 Å².